The van der Waals surface area contributed by atoms with E-state index in [2.05, 4.69) is 38.4 Å². The van der Waals surface area contributed by atoms with Crippen LogP contribution in [0.25, 0.3) is 21.9 Å². The molecule has 8 nitrogen and oxygen atoms in total. The van der Waals surface area contributed by atoms with Gasteiger partial charge < -0.3 is 21.7 Å². The Morgan fingerprint density at radius 3 is 2.69 bits per heavy atom. The van der Waals surface area contributed by atoms with E-state index < -0.39 is 5.82 Å². The molecule has 0 unspecified atom stereocenters. The summed E-state index contributed by atoms with van der Waals surface area (Å²) in [5, 5.41) is 9.26. The standard InChI is InChI=1S/C23H25FN8/c1-13-17(10-27-12-19(13)25)16-7-14-8-20(28-11-18(14)23(26)22(16)24)29-21-9-15-3-4-31(2)5-6-32(15)30-21/h7-12H,3-6,25-26H2,1-2H3,(H,28,29,30). The van der Waals surface area contributed by atoms with Crippen LogP contribution in [0.2, 0.25) is 0 Å². The first-order valence-corrected chi connectivity index (χ1v) is 10.5. The van der Waals surface area contributed by atoms with Crippen LogP contribution < -0.4 is 16.8 Å². The molecule has 0 atom stereocenters. The van der Waals surface area contributed by atoms with Gasteiger partial charge in [0.25, 0.3) is 0 Å². The topological polar surface area (TPSA) is 111 Å². The van der Waals surface area contributed by atoms with E-state index in [1.165, 1.54) is 5.69 Å². The molecule has 0 saturated heterocycles. The maximum absolute atomic E-state index is 15.1. The summed E-state index contributed by atoms with van der Waals surface area (Å²) in [5.41, 5.74) is 15.6. The highest BCUT2D eigenvalue weighted by Crippen LogP contribution is 2.36. The quantitative estimate of drug-likeness (QED) is 0.426. The fourth-order valence-electron chi connectivity index (χ4n) is 4.10. The number of nitrogens with two attached hydrogens (primary N) is 2. The predicted octanol–water partition coefficient (Wildman–Crippen LogP) is 3.34. The molecule has 4 aromatic rings. The van der Waals surface area contributed by atoms with Crippen molar-refractivity contribution in [3.8, 4) is 11.1 Å². The van der Waals surface area contributed by atoms with Crippen LogP contribution in [0.15, 0.2) is 36.8 Å². The Bertz CT molecular complexity index is 1300. The fourth-order valence-corrected chi connectivity index (χ4v) is 4.10. The lowest BCUT2D eigenvalue weighted by Gasteiger charge is -2.13. The van der Waals surface area contributed by atoms with Crippen molar-refractivity contribution in [3.63, 3.8) is 0 Å². The van der Waals surface area contributed by atoms with E-state index in [0.717, 1.165) is 42.8 Å². The van der Waals surface area contributed by atoms with Crippen molar-refractivity contribution in [2.75, 3.05) is 36.9 Å². The highest BCUT2D eigenvalue weighted by molar-refractivity contribution is 5.98. The van der Waals surface area contributed by atoms with E-state index in [4.69, 9.17) is 11.5 Å². The summed E-state index contributed by atoms with van der Waals surface area (Å²) in [7, 11) is 2.12. The Hall–Kier alpha value is -3.72. The van der Waals surface area contributed by atoms with Crippen LogP contribution in [0.4, 0.5) is 27.4 Å². The van der Waals surface area contributed by atoms with Crippen LogP contribution in [-0.2, 0) is 13.0 Å². The fraction of sp³-hybridized carbons (Fsp3) is 0.261. The molecule has 5 N–H and O–H groups in total. The van der Waals surface area contributed by atoms with Gasteiger partial charge in [-0.25, -0.2) is 9.37 Å². The summed E-state index contributed by atoms with van der Waals surface area (Å²) < 4.78 is 17.2. The average Bonchev–Trinajstić information content (AvgIpc) is 3.08. The molecule has 1 aromatic carbocycles. The molecule has 0 spiro atoms. The molecule has 164 valence electrons. The molecule has 5 rings (SSSR count). The molecule has 0 saturated carbocycles. The largest absolute Gasteiger partial charge is 0.397 e. The first-order chi connectivity index (χ1) is 15.4. The van der Waals surface area contributed by atoms with E-state index in [9.17, 15) is 0 Å². The van der Waals surface area contributed by atoms with Gasteiger partial charge in [0.1, 0.15) is 5.82 Å². The van der Waals surface area contributed by atoms with Crippen LogP contribution in [0.1, 0.15) is 11.3 Å². The van der Waals surface area contributed by atoms with Gasteiger partial charge in [-0.3, -0.25) is 9.67 Å². The highest BCUT2D eigenvalue weighted by atomic mass is 19.1. The third kappa shape index (κ3) is 3.50. The molecule has 0 bridgehead atoms. The molecule has 4 heterocycles. The summed E-state index contributed by atoms with van der Waals surface area (Å²) in [6.45, 7) is 4.66. The third-order valence-electron chi connectivity index (χ3n) is 6.11. The molecule has 32 heavy (non-hydrogen) atoms. The number of nitrogens with one attached hydrogen (secondary N) is 1. The van der Waals surface area contributed by atoms with Gasteiger partial charge >= 0.3 is 0 Å². The van der Waals surface area contributed by atoms with Crippen molar-refractivity contribution in [1.82, 2.24) is 24.6 Å². The van der Waals surface area contributed by atoms with Gasteiger partial charge in [0.2, 0.25) is 0 Å². The zero-order chi connectivity index (χ0) is 22.4. The minimum Gasteiger partial charge on any atom is -0.397 e. The zero-order valence-corrected chi connectivity index (χ0v) is 18.1. The molecule has 1 aliphatic rings. The first kappa shape index (κ1) is 20.2. The second-order valence-corrected chi connectivity index (χ2v) is 8.27. The SMILES string of the molecule is Cc1c(N)cncc1-c1cc2cc(Nc3cc4n(n3)CCN(C)CC4)ncc2c(N)c1F. The van der Waals surface area contributed by atoms with Crippen molar-refractivity contribution < 1.29 is 4.39 Å². The highest BCUT2D eigenvalue weighted by Gasteiger charge is 2.17. The molecule has 0 amide bonds. The Kier molecular flexibility index (Phi) is 4.90. The number of aromatic nitrogens is 4. The maximum atomic E-state index is 15.1. The van der Waals surface area contributed by atoms with Crippen LogP contribution in [0, 0.1) is 12.7 Å². The lowest BCUT2D eigenvalue weighted by molar-refractivity contribution is 0.337. The Morgan fingerprint density at radius 2 is 1.84 bits per heavy atom. The zero-order valence-electron chi connectivity index (χ0n) is 18.1. The summed E-state index contributed by atoms with van der Waals surface area (Å²) in [6, 6.07) is 5.66. The van der Waals surface area contributed by atoms with Crippen molar-refractivity contribution in [1.29, 1.82) is 0 Å². The number of halogens is 1. The van der Waals surface area contributed by atoms with Crippen molar-refractivity contribution in [2.24, 2.45) is 0 Å². The van der Waals surface area contributed by atoms with Gasteiger partial charge in [0, 0.05) is 60.2 Å². The van der Waals surface area contributed by atoms with Crippen LogP contribution in [0.3, 0.4) is 0 Å². The minimum absolute atomic E-state index is 0.0520. The van der Waals surface area contributed by atoms with Crippen molar-refractivity contribution in [2.45, 2.75) is 19.9 Å². The summed E-state index contributed by atoms with van der Waals surface area (Å²) >= 11 is 0. The average molecular weight is 433 g/mol. The maximum Gasteiger partial charge on any atom is 0.154 e. The number of pyridine rings is 2. The summed E-state index contributed by atoms with van der Waals surface area (Å²) in [4.78, 5) is 10.8. The van der Waals surface area contributed by atoms with Gasteiger partial charge in [0.15, 0.2) is 11.6 Å². The molecule has 1 aliphatic heterocycles. The van der Waals surface area contributed by atoms with E-state index in [1.807, 2.05) is 17.7 Å². The van der Waals surface area contributed by atoms with Crippen LogP contribution in [-0.4, -0.2) is 44.8 Å². The number of likely N-dealkylation sites (N-methyl/N-ethyl adjacent to an activating group) is 1. The molecule has 9 heteroatoms. The number of hydrogen-bond donors (Lipinski definition) is 3. The second kappa shape index (κ2) is 7.76. The van der Waals surface area contributed by atoms with Crippen LogP contribution >= 0.6 is 0 Å². The van der Waals surface area contributed by atoms with Gasteiger partial charge in [-0.05, 0) is 37.1 Å². The second-order valence-electron chi connectivity index (χ2n) is 8.27. The van der Waals surface area contributed by atoms with Gasteiger partial charge in [-0.2, -0.15) is 5.10 Å². The van der Waals surface area contributed by atoms with Gasteiger partial charge in [-0.15, -0.1) is 0 Å². The van der Waals surface area contributed by atoms with Crippen LogP contribution in [0.5, 0.6) is 0 Å². The molecule has 0 fully saturated rings. The molecular weight excluding hydrogens is 407 g/mol. The predicted molar refractivity (Wildman–Crippen MR) is 125 cm³/mol. The molecule has 0 aliphatic carbocycles. The first-order valence-electron chi connectivity index (χ1n) is 10.5. The number of hydrogen-bond acceptors (Lipinski definition) is 7. The van der Waals surface area contributed by atoms with E-state index in [-0.39, 0.29) is 5.69 Å². The number of nitrogens with zero attached hydrogens (tertiary/aromatic N) is 5. The number of fused-ring (bicyclic) bond motifs is 2. The Labute approximate surface area is 185 Å². The third-order valence-corrected chi connectivity index (χ3v) is 6.11. The normalized spacial score (nSPS) is 14.3. The minimum atomic E-state index is -0.502. The lowest BCUT2D eigenvalue weighted by Crippen LogP contribution is -2.21. The van der Waals surface area contributed by atoms with Crippen molar-refractivity contribution >= 4 is 33.8 Å². The number of rotatable bonds is 3. The lowest BCUT2D eigenvalue weighted by atomic mass is 9.97. The Morgan fingerprint density at radius 1 is 1.00 bits per heavy atom. The number of anilines is 4. The number of benzene rings is 1. The van der Waals surface area contributed by atoms with Crippen molar-refractivity contribution in [3.05, 3.63) is 53.9 Å². The van der Waals surface area contributed by atoms with Gasteiger partial charge in [0.05, 0.1) is 24.1 Å². The summed E-state index contributed by atoms with van der Waals surface area (Å²) in [6.07, 6.45) is 5.69. The van der Waals surface area contributed by atoms with E-state index >= 15 is 4.39 Å². The molecule has 3 aromatic heterocycles. The Balaban J connectivity index is 1.52. The molecule has 0 radical (unpaired) electrons. The summed E-state index contributed by atoms with van der Waals surface area (Å²) in [5.74, 6) is 0.850. The monoisotopic (exact) mass is 432 g/mol. The van der Waals surface area contributed by atoms with E-state index in [1.54, 1.807) is 24.7 Å². The number of nitrogen functional groups attached to an aromatic ring is 2. The molecular formula is C23H25FN8. The van der Waals surface area contributed by atoms with Gasteiger partial charge in [-0.1, -0.05) is 0 Å². The smallest absolute Gasteiger partial charge is 0.154 e. The van der Waals surface area contributed by atoms with E-state index in [0.29, 0.717) is 28.0 Å².